The number of aromatic nitrogens is 3. The van der Waals surface area contributed by atoms with E-state index in [1.807, 2.05) is 11.0 Å². The fourth-order valence-electron chi connectivity index (χ4n) is 3.47. The molecular formula is C16H18N4O3. The summed E-state index contributed by atoms with van der Waals surface area (Å²) in [5.41, 5.74) is 0.459. The zero-order chi connectivity index (χ0) is 15.8. The molecule has 2 aliphatic heterocycles. The van der Waals surface area contributed by atoms with Gasteiger partial charge in [0, 0.05) is 19.3 Å². The molecule has 0 unspecified atom stereocenters. The highest BCUT2D eigenvalue weighted by atomic mass is 16.5. The van der Waals surface area contributed by atoms with E-state index in [9.17, 15) is 4.79 Å². The number of amides is 1. The van der Waals surface area contributed by atoms with Crippen molar-refractivity contribution < 1.29 is 14.1 Å². The molecule has 2 fully saturated rings. The first-order chi connectivity index (χ1) is 11.2. The summed E-state index contributed by atoms with van der Waals surface area (Å²) in [6, 6.07) is 5.47. The average Bonchev–Trinajstić information content (AvgIpc) is 3.22. The second-order valence-corrected chi connectivity index (χ2v) is 6.05. The van der Waals surface area contributed by atoms with Crippen molar-refractivity contribution in [1.29, 1.82) is 0 Å². The van der Waals surface area contributed by atoms with Crippen molar-refractivity contribution in [3.63, 3.8) is 0 Å². The van der Waals surface area contributed by atoms with E-state index < -0.39 is 0 Å². The van der Waals surface area contributed by atoms with Gasteiger partial charge < -0.3 is 14.2 Å². The van der Waals surface area contributed by atoms with Crippen LogP contribution in [-0.2, 0) is 4.74 Å². The maximum absolute atomic E-state index is 12.9. The Hall–Kier alpha value is -2.28. The largest absolute Gasteiger partial charge is 0.376 e. The number of pyridine rings is 1. The number of aryl methyl sites for hydroxylation is 1. The molecule has 0 aliphatic carbocycles. The third-order valence-electron chi connectivity index (χ3n) is 4.55. The highest BCUT2D eigenvalue weighted by Gasteiger charge is 2.44. The van der Waals surface area contributed by atoms with E-state index in [-0.39, 0.29) is 24.0 Å². The highest BCUT2D eigenvalue weighted by molar-refractivity contribution is 5.92. The molecule has 2 saturated heterocycles. The number of hydrogen-bond donors (Lipinski definition) is 0. The van der Waals surface area contributed by atoms with Gasteiger partial charge in [-0.15, -0.1) is 0 Å². The van der Waals surface area contributed by atoms with Crippen LogP contribution in [0.5, 0.6) is 0 Å². The van der Waals surface area contributed by atoms with Crippen molar-refractivity contribution in [2.75, 3.05) is 13.2 Å². The highest BCUT2D eigenvalue weighted by Crippen LogP contribution is 2.36. The van der Waals surface area contributed by atoms with Gasteiger partial charge in [0.25, 0.3) is 5.91 Å². The summed E-state index contributed by atoms with van der Waals surface area (Å²) in [6.07, 6.45) is 3.32. The Labute approximate surface area is 133 Å². The molecule has 0 saturated carbocycles. The molecule has 2 aliphatic rings. The predicted octanol–water partition coefficient (Wildman–Crippen LogP) is 1.56. The molecule has 0 bridgehead atoms. The van der Waals surface area contributed by atoms with E-state index >= 15 is 0 Å². The van der Waals surface area contributed by atoms with Gasteiger partial charge in [0.05, 0.1) is 18.1 Å². The van der Waals surface area contributed by atoms with Gasteiger partial charge in [0.1, 0.15) is 5.69 Å². The third kappa shape index (κ3) is 2.61. The molecule has 0 N–H and O–H groups in total. The Morgan fingerprint density at radius 2 is 2.30 bits per heavy atom. The van der Waals surface area contributed by atoms with Crippen LogP contribution in [0.2, 0.25) is 0 Å². The molecule has 23 heavy (non-hydrogen) atoms. The third-order valence-corrected chi connectivity index (χ3v) is 4.55. The van der Waals surface area contributed by atoms with Crippen molar-refractivity contribution in [1.82, 2.24) is 20.0 Å². The minimum atomic E-state index is -0.0629. The molecule has 1 amide bonds. The van der Waals surface area contributed by atoms with Crippen LogP contribution in [-0.4, -0.2) is 51.2 Å². The number of rotatable bonds is 2. The molecular weight excluding hydrogens is 296 g/mol. The lowest BCUT2D eigenvalue weighted by Gasteiger charge is -2.39. The number of likely N-dealkylation sites (tertiary alicyclic amines) is 1. The van der Waals surface area contributed by atoms with Gasteiger partial charge >= 0.3 is 0 Å². The van der Waals surface area contributed by atoms with Crippen LogP contribution in [0.1, 0.15) is 41.0 Å². The van der Waals surface area contributed by atoms with E-state index in [0.717, 1.165) is 12.8 Å². The summed E-state index contributed by atoms with van der Waals surface area (Å²) in [5.74, 6) is 1.13. The predicted molar refractivity (Wildman–Crippen MR) is 79.8 cm³/mol. The first-order valence-corrected chi connectivity index (χ1v) is 7.86. The molecule has 0 aromatic carbocycles. The Bertz CT molecular complexity index is 702. The topological polar surface area (TPSA) is 81.4 Å². The molecule has 3 atom stereocenters. The van der Waals surface area contributed by atoms with E-state index in [2.05, 4.69) is 15.1 Å². The Kier molecular flexibility index (Phi) is 3.57. The Balaban J connectivity index is 1.62. The summed E-state index contributed by atoms with van der Waals surface area (Å²) >= 11 is 0. The summed E-state index contributed by atoms with van der Waals surface area (Å²) in [7, 11) is 0. The Morgan fingerprint density at radius 1 is 1.39 bits per heavy atom. The molecule has 7 heteroatoms. The van der Waals surface area contributed by atoms with Crippen molar-refractivity contribution >= 4 is 5.91 Å². The van der Waals surface area contributed by atoms with Crippen molar-refractivity contribution in [3.8, 4) is 0 Å². The zero-order valence-corrected chi connectivity index (χ0v) is 12.9. The van der Waals surface area contributed by atoms with E-state index in [4.69, 9.17) is 9.26 Å². The maximum atomic E-state index is 12.9. The number of hydrogen-bond acceptors (Lipinski definition) is 6. The molecule has 7 nitrogen and oxygen atoms in total. The first-order valence-electron chi connectivity index (χ1n) is 7.86. The molecule has 4 rings (SSSR count). The lowest BCUT2D eigenvalue weighted by molar-refractivity contribution is 0.0121. The van der Waals surface area contributed by atoms with Crippen LogP contribution in [0.4, 0.5) is 0 Å². The van der Waals surface area contributed by atoms with Crippen molar-refractivity contribution in [3.05, 3.63) is 41.8 Å². The molecule has 120 valence electrons. The van der Waals surface area contributed by atoms with Gasteiger partial charge in [-0.2, -0.15) is 4.98 Å². The van der Waals surface area contributed by atoms with Gasteiger partial charge in [-0.25, -0.2) is 0 Å². The monoisotopic (exact) mass is 314 g/mol. The van der Waals surface area contributed by atoms with Crippen LogP contribution in [0.25, 0.3) is 0 Å². The zero-order valence-electron chi connectivity index (χ0n) is 12.9. The number of carbonyl (C=O) groups excluding carboxylic acids is 1. The van der Waals surface area contributed by atoms with Gasteiger partial charge in [-0.1, -0.05) is 11.2 Å². The maximum Gasteiger partial charge on any atom is 0.272 e. The lowest BCUT2D eigenvalue weighted by Crippen LogP contribution is -2.51. The van der Waals surface area contributed by atoms with Crippen molar-refractivity contribution in [2.24, 2.45) is 0 Å². The quantitative estimate of drug-likeness (QED) is 0.837. The van der Waals surface area contributed by atoms with Gasteiger partial charge in [-0.05, 0) is 31.9 Å². The standard InChI is InChI=1S/C16H18N4O3/c1-10-18-15(23-19-10)11-8-14-13(5-7-22-14)20(9-11)16(21)12-4-2-3-6-17-12/h2-4,6,11,13-14H,5,7-9H2,1H3/t11-,13+,14+/m0/s1. The summed E-state index contributed by atoms with van der Waals surface area (Å²) in [5, 5.41) is 3.86. The van der Waals surface area contributed by atoms with Crippen molar-refractivity contribution in [2.45, 2.75) is 37.8 Å². The minimum Gasteiger partial charge on any atom is -0.376 e. The number of ether oxygens (including phenoxy) is 1. The second kappa shape index (κ2) is 5.73. The number of nitrogens with zero attached hydrogens (tertiary/aromatic N) is 4. The summed E-state index contributed by atoms with van der Waals surface area (Å²) in [6.45, 7) is 3.03. The summed E-state index contributed by atoms with van der Waals surface area (Å²) in [4.78, 5) is 23.2. The minimum absolute atomic E-state index is 0.00297. The molecule has 2 aromatic heterocycles. The lowest BCUT2D eigenvalue weighted by atomic mass is 9.89. The molecule has 2 aromatic rings. The second-order valence-electron chi connectivity index (χ2n) is 6.05. The molecule has 0 radical (unpaired) electrons. The fourth-order valence-corrected chi connectivity index (χ4v) is 3.47. The van der Waals surface area contributed by atoms with Crippen LogP contribution in [0.15, 0.2) is 28.9 Å². The van der Waals surface area contributed by atoms with E-state index in [1.54, 1.807) is 25.3 Å². The van der Waals surface area contributed by atoms with Crippen LogP contribution >= 0.6 is 0 Å². The van der Waals surface area contributed by atoms with Gasteiger partial charge in [0.2, 0.25) is 5.89 Å². The number of carbonyl (C=O) groups is 1. The molecule has 0 spiro atoms. The van der Waals surface area contributed by atoms with Crippen LogP contribution in [0, 0.1) is 6.92 Å². The van der Waals surface area contributed by atoms with Gasteiger partial charge in [0.15, 0.2) is 5.82 Å². The van der Waals surface area contributed by atoms with Crippen LogP contribution in [0.3, 0.4) is 0 Å². The Morgan fingerprint density at radius 3 is 3.04 bits per heavy atom. The van der Waals surface area contributed by atoms with E-state index in [0.29, 0.717) is 30.6 Å². The first kappa shape index (κ1) is 14.3. The normalized spacial score (nSPS) is 27.0. The smallest absolute Gasteiger partial charge is 0.272 e. The fraction of sp³-hybridized carbons (Fsp3) is 0.500. The van der Waals surface area contributed by atoms with E-state index in [1.165, 1.54) is 0 Å². The van der Waals surface area contributed by atoms with Crippen LogP contribution < -0.4 is 0 Å². The SMILES string of the molecule is Cc1noc([C@H]2C[C@H]3OCC[C@H]3N(C(=O)c3ccccn3)C2)n1. The van der Waals surface area contributed by atoms with Gasteiger partial charge in [-0.3, -0.25) is 9.78 Å². The number of piperidine rings is 1. The summed E-state index contributed by atoms with van der Waals surface area (Å²) < 4.78 is 11.1. The molecule has 4 heterocycles. The average molecular weight is 314 g/mol. The number of fused-ring (bicyclic) bond motifs is 1.